The molecule has 2 nitrogen and oxygen atoms in total. The molecule has 2 fully saturated rings. The third kappa shape index (κ3) is 2.03. The van der Waals surface area contributed by atoms with E-state index in [-0.39, 0.29) is 22.9 Å². The van der Waals surface area contributed by atoms with Gasteiger partial charge in [0.25, 0.3) is 0 Å². The monoisotopic (exact) mass is 306 g/mol. The highest BCUT2D eigenvalue weighted by atomic mass is 35.5. The number of hydrogen-bond acceptors (Lipinski definition) is 2. The van der Waals surface area contributed by atoms with Gasteiger partial charge in [0.1, 0.15) is 6.10 Å². The predicted molar refractivity (Wildman–Crippen MR) is 84.6 cm³/mol. The number of hydrogen-bond donors (Lipinski definition) is 0. The van der Waals surface area contributed by atoms with E-state index in [0.29, 0.717) is 16.5 Å². The minimum atomic E-state index is -0.232. The number of benzene rings is 1. The molecule has 2 aliphatic rings. The molecule has 2 aliphatic carbocycles. The summed E-state index contributed by atoms with van der Waals surface area (Å²) in [6.07, 6.45) is 3.43. The van der Waals surface area contributed by atoms with Crippen LogP contribution in [-0.2, 0) is 4.74 Å². The molecule has 1 aromatic rings. The second kappa shape index (κ2) is 4.74. The van der Waals surface area contributed by atoms with E-state index in [1.165, 1.54) is 6.42 Å². The maximum Gasteiger partial charge on any atom is 0.338 e. The van der Waals surface area contributed by atoms with Crippen LogP contribution in [0.5, 0.6) is 0 Å². The summed E-state index contributed by atoms with van der Waals surface area (Å²) in [7, 11) is 0. The molecule has 3 heteroatoms. The van der Waals surface area contributed by atoms with Crippen molar-refractivity contribution in [3.63, 3.8) is 0 Å². The molecule has 3 unspecified atom stereocenters. The fraction of sp³-hybridized carbons (Fsp3) is 0.611. The Morgan fingerprint density at radius 2 is 2.05 bits per heavy atom. The normalized spacial score (nSPS) is 33.2. The number of esters is 1. The Balaban J connectivity index is 1.82. The number of carbonyl (C=O) groups is 1. The SMILES string of the molecule is Cc1c(Cl)cccc1C(=O)OC1CC2CCC1(C)C2(C)C. The molecule has 0 spiro atoms. The predicted octanol–water partition coefficient (Wildman–Crippen LogP) is 5.02. The quantitative estimate of drug-likeness (QED) is 0.717. The zero-order valence-electron chi connectivity index (χ0n) is 13.2. The van der Waals surface area contributed by atoms with Crippen molar-refractivity contribution in [1.29, 1.82) is 0 Å². The maximum absolute atomic E-state index is 12.5. The van der Waals surface area contributed by atoms with Crippen molar-refractivity contribution in [2.24, 2.45) is 16.7 Å². The molecule has 21 heavy (non-hydrogen) atoms. The fourth-order valence-corrected chi connectivity index (χ4v) is 4.50. The van der Waals surface area contributed by atoms with Crippen molar-refractivity contribution < 1.29 is 9.53 Å². The summed E-state index contributed by atoms with van der Waals surface area (Å²) in [6.45, 7) is 8.79. The Hall–Kier alpha value is -1.02. The minimum absolute atomic E-state index is 0.0251. The van der Waals surface area contributed by atoms with Crippen LogP contribution in [-0.4, -0.2) is 12.1 Å². The zero-order valence-corrected chi connectivity index (χ0v) is 14.0. The molecular weight excluding hydrogens is 284 g/mol. The van der Waals surface area contributed by atoms with Crippen LogP contribution in [0.4, 0.5) is 0 Å². The summed E-state index contributed by atoms with van der Waals surface area (Å²) in [6, 6.07) is 5.40. The molecule has 0 N–H and O–H groups in total. The maximum atomic E-state index is 12.5. The Bertz CT molecular complexity index is 593. The van der Waals surface area contributed by atoms with E-state index in [0.717, 1.165) is 18.4 Å². The van der Waals surface area contributed by atoms with Gasteiger partial charge in [0.2, 0.25) is 0 Å². The first-order valence-corrected chi connectivity index (χ1v) is 8.11. The average Bonchev–Trinajstić information content (AvgIpc) is 2.75. The van der Waals surface area contributed by atoms with Gasteiger partial charge in [0.05, 0.1) is 5.56 Å². The molecule has 0 aliphatic heterocycles. The molecule has 0 saturated heterocycles. The Morgan fingerprint density at radius 3 is 2.62 bits per heavy atom. The van der Waals surface area contributed by atoms with Gasteiger partial charge in [-0.15, -0.1) is 0 Å². The van der Waals surface area contributed by atoms with Crippen molar-refractivity contribution >= 4 is 17.6 Å². The topological polar surface area (TPSA) is 26.3 Å². The third-order valence-corrected chi connectivity index (χ3v) is 6.86. The van der Waals surface area contributed by atoms with E-state index in [9.17, 15) is 4.79 Å². The number of ether oxygens (including phenoxy) is 1. The van der Waals surface area contributed by atoms with Crippen LogP contribution >= 0.6 is 11.6 Å². The molecule has 3 atom stereocenters. The van der Waals surface area contributed by atoms with Crippen LogP contribution in [0, 0.1) is 23.7 Å². The van der Waals surface area contributed by atoms with E-state index in [1.54, 1.807) is 18.2 Å². The highest BCUT2D eigenvalue weighted by Crippen LogP contribution is 2.66. The second-order valence-electron chi connectivity index (χ2n) is 7.42. The third-order valence-electron chi connectivity index (χ3n) is 6.45. The number of halogens is 1. The highest BCUT2D eigenvalue weighted by molar-refractivity contribution is 6.31. The summed E-state index contributed by atoms with van der Waals surface area (Å²) in [5, 5.41) is 0.615. The van der Waals surface area contributed by atoms with Crippen LogP contribution in [0.2, 0.25) is 5.02 Å². The molecule has 2 saturated carbocycles. The van der Waals surface area contributed by atoms with E-state index in [1.807, 2.05) is 6.92 Å². The van der Waals surface area contributed by atoms with Gasteiger partial charge in [0, 0.05) is 10.4 Å². The van der Waals surface area contributed by atoms with Crippen molar-refractivity contribution in [3.8, 4) is 0 Å². The molecule has 0 heterocycles. The van der Waals surface area contributed by atoms with E-state index >= 15 is 0 Å². The van der Waals surface area contributed by atoms with Crippen LogP contribution in [0.1, 0.15) is 56.0 Å². The highest BCUT2D eigenvalue weighted by Gasteiger charge is 2.62. The van der Waals surface area contributed by atoms with Crippen LogP contribution in [0.3, 0.4) is 0 Å². The van der Waals surface area contributed by atoms with Crippen molar-refractivity contribution in [1.82, 2.24) is 0 Å². The van der Waals surface area contributed by atoms with Gasteiger partial charge in [-0.25, -0.2) is 4.79 Å². The summed E-state index contributed by atoms with van der Waals surface area (Å²) in [4.78, 5) is 12.5. The fourth-order valence-electron chi connectivity index (χ4n) is 4.33. The van der Waals surface area contributed by atoms with Gasteiger partial charge in [-0.1, -0.05) is 38.4 Å². The lowest BCUT2D eigenvalue weighted by Gasteiger charge is -2.38. The molecular formula is C18H23ClO2. The molecule has 114 valence electrons. The lowest BCUT2D eigenvalue weighted by atomic mass is 9.70. The largest absolute Gasteiger partial charge is 0.458 e. The Labute approximate surface area is 131 Å². The van der Waals surface area contributed by atoms with Gasteiger partial charge in [0.15, 0.2) is 0 Å². The van der Waals surface area contributed by atoms with Gasteiger partial charge < -0.3 is 4.74 Å². The summed E-state index contributed by atoms with van der Waals surface area (Å²) in [5.41, 5.74) is 1.74. The van der Waals surface area contributed by atoms with Crippen molar-refractivity contribution in [2.75, 3.05) is 0 Å². The van der Waals surface area contributed by atoms with Crippen LogP contribution in [0.15, 0.2) is 18.2 Å². The second-order valence-corrected chi connectivity index (χ2v) is 7.82. The van der Waals surface area contributed by atoms with Crippen LogP contribution < -0.4 is 0 Å². The molecule has 1 aromatic carbocycles. The number of rotatable bonds is 2. The summed E-state index contributed by atoms with van der Waals surface area (Å²) in [5.74, 6) is 0.435. The van der Waals surface area contributed by atoms with Crippen molar-refractivity contribution in [3.05, 3.63) is 34.3 Å². The molecule has 0 radical (unpaired) electrons. The lowest BCUT2D eigenvalue weighted by Crippen LogP contribution is -2.38. The first-order chi connectivity index (χ1) is 9.77. The Kier molecular flexibility index (Phi) is 3.36. The van der Waals surface area contributed by atoms with Crippen LogP contribution in [0.25, 0.3) is 0 Å². The Morgan fingerprint density at radius 1 is 1.33 bits per heavy atom. The molecule has 0 amide bonds. The standard InChI is InChI=1S/C18H23ClO2/c1-11-13(6-5-7-14(11)19)16(20)21-15-10-12-8-9-18(15,4)17(12,2)3/h5-7,12,15H,8-10H2,1-4H3. The molecule has 0 aromatic heterocycles. The van der Waals surface area contributed by atoms with Gasteiger partial charge in [-0.05, 0) is 55.2 Å². The minimum Gasteiger partial charge on any atom is -0.458 e. The van der Waals surface area contributed by atoms with E-state index < -0.39 is 0 Å². The summed E-state index contributed by atoms with van der Waals surface area (Å²) < 4.78 is 5.91. The van der Waals surface area contributed by atoms with Gasteiger partial charge >= 0.3 is 5.97 Å². The van der Waals surface area contributed by atoms with Crippen molar-refractivity contribution in [2.45, 2.75) is 53.1 Å². The average molecular weight is 307 g/mol. The first-order valence-electron chi connectivity index (χ1n) is 7.73. The van der Waals surface area contributed by atoms with E-state index in [2.05, 4.69) is 20.8 Å². The van der Waals surface area contributed by atoms with E-state index in [4.69, 9.17) is 16.3 Å². The van der Waals surface area contributed by atoms with Gasteiger partial charge in [-0.2, -0.15) is 0 Å². The molecule has 2 bridgehead atoms. The summed E-state index contributed by atoms with van der Waals surface area (Å²) >= 11 is 6.10. The first kappa shape index (κ1) is 14.9. The smallest absolute Gasteiger partial charge is 0.338 e. The van der Waals surface area contributed by atoms with Gasteiger partial charge in [-0.3, -0.25) is 0 Å². The zero-order chi connectivity index (χ0) is 15.4. The number of carbonyl (C=O) groups excluding carboxylic acids is 1. The number of fused-ring (bicyclic) bond motifs is 2. The lowest BCUT2D eigenvalue weighted by molar-refractivity contribution is -0.0243. The molecule has 3 rings (SSSR count).